The summed E-state index contributed by atoms with van der Waals surface area (Å²) in [6, 6.07) is 53.3. The summed E-state index contributed by atoms with van der Waals surface area (Å²) >= 11 is 1.93. The number of rotatable bonds is 3. The van der Waals surface area contributed by atoms with Gasteiger partial charge in [0, 0.05) is 31.5 Å². The van der Waals surface area contributed by atoms with Crippen LogP contribution in [0.4, 0.5) is 0 Å². The van der Waals surface area contributed by atoms with Gasteiger partial charge in [-0.3, -0.25) is 0 Å². The van der Waals surface area contributed by atoms with E-state index in [4.69, 9.17) is 0 Å². The molecule has 0 radical (unpaired) electrons. The molecule has 0 spiro atoms. The van der Waals surface area contributed by atoms with Crippen LogP contribution in [0.5, 0.6) is 0 Å². The quantitative estimate of drug-likeness (QED) is 0.174. The smallest absolute Gasteiger partial charge is 0.0362 e. The van der Waals surface area contributed by atoms with Crippen LogP contribution < -0.4 is 0 Å². The molecule has 8 aromatic carbocycles. The van der Waals surface area contributed by atoms with Crippen molar-refractivity contribution in [3.63, 3.8) is 0 Å². The molecule has 9 aromatic rings. The largest absolute Gasteiger partial charge is 0.135 e. The fraction of sp³-hybridized carbons (Fsp3) is 0.137. The second kappa shape index (κ2) is 10.8. The van der Waals surface area contributed by atoms with Gasteiger partial charge in [-0.05, 0) is 138 Å². The Morgan fingerprint density at radius 1 is 0.519 bits per heavy atom. The molecule has 1 heteroatoms. The number of fused-ring (bicyclic) bond motifs is 11. The van der Waals surface area contributed by atoms with Crippen molar-refractivity contribution in [2.24, 2.45) is 0 Å². The van der Waals surface area contributed by atoms with E-state index in [1.54, 1.807) is 0 Å². The predicted molar refractivity (Wildman–Crippen MR) is 224 cm³/mol. The molecule has 0 aliphatic heterocycles. The number of aryl methyl sites for hydroxylation is 2. The van der Waals surface area contributed by atoms with Crippen molar-refractivity contribution in [1.82, 2.24) is 0 Å². The summed E-state index contributed by atoms with van der Waals surface area (Å²) in [4.78, 5) is 0. The first-order valence-corrected chi connectivity index (χ1v) is 19.5. The highest BCUT2D eigenvalue weighted by atomic mass is 32.1. The van der Waals surface area contributed by atoms with E-state index in [0.29, 0.717) is 0 Å². The minimum Gasteiger partial charge on any atom is -0.135 e. The predicted octanol–water partition coefficient (Wildman–Crippen LogP) is 14.4. The summed E-state index contributed by atoms with van der Waals surface area (Å²) in [5.74, 6) is 0.0923. The monoisotopic (exact) mass is 682 g/mol. The van der Waals surface area contributed by atoms with E-state index in [2.05, 4.69) is 167 Å². The molecule has 52 heavy (non-hydrogen) atoms. The topological polar surface area (TPSA) is 0 Å². The molecule has 1 unspecified atom stereocenters. The molecular formula is C51H38S. The van der Waals surface area contributed by atoms with Crippen LogP contribution in [-0.4, -0.2) is 0 Å². The second-order valence-corrected chi connectivity index (χ2v) is 16.5. The molecule has 0 nitrogen and oxygen atoms in total. The summed E-state index contributed by atoms with van der Waals surface area (Å²) in [5, 5.41) is 8.06. The van der Waals surface area contributed by atoms with Gasteiger partial charge >= 0.3 is 0 Å². The van der Waals surface area contributed by atoms with E-state index in [9.17, 15) is 0 Å². The highest BCUT2D eigenvalue weighted by Crippen LogP contribution is 2.58. The zero-order valence-corrected chi connectivity index (χ0v) is 30.8. The number of hydrogen-bond donors (Lipinski definition) is 0. The maximum absolute atomic E-state index is 2.56. The van der Waals surface area contributed by atoms with Crippen molar-refractivity contribution in [2.75, 3.05) is 0 Å². The molecule has 0 bridgehead atoms. The van der Waals surface area contributed by atoms with E-state index < -0.39 is 0 Å². The van der Waals surface area contributed by atoms with Crippen molar-refractivity contribution < 1.29 is 0 Å². The molecule has 0 amide bonds. The number of thiophene rings is 1. The standard InChI is InChI=1S/C51H38S/c1-5-32-34-18-9-8-17-33(34)29(2)47(49(32)37-21-14-23-44-48(37)36-20-10-12-22-43(36)51(44,3)4)50-41-26-31-16-7-6-15-30(31)25-38(41)39-27-40-35-19-11-13-24-45(35)52-46(40)28-42(39)50/h6-28,50H,5H2,1-4H3. The van der Waals surface area contributed by atoms with Crippen LogP contribution in [-0.2, 0) is 11.8 Å². The Labute approximate surface area is 309 Å². The zero-order valence-electron chi connectivity index (χ0n) is 30.0. The summed E-state index contributed by atoms with van der Waals surface area (Å²) in [6.07, 6.45) is 0.956. The molecule has 1 atom stereocenters. The van der Waals surface area contributed by atoms with Crippen molar-refractivity contribution in [1.29, 1.82) is 0 Å². The average molecular weight is 683 g/mol. The minimum absolute atomic E-state index is 0.0708. The first-order valence-electron chi connectivity index (χ1n) is 18.7. The maximum Gasteiger partial charge on any atom is 0.0362 e. The van der Waals surface area contributed by atoms with Crippen LogP contribution >= 0.6 is 11.3 Å². The first kappa shape index (κ1) is 30.2. The lowest BCUT2D eigenvalue weighted by molar-refractivity contribution is 0.660. The summed E-state index contributed by atoms with van der Waals surface area (Å²) in [5.41, 5.74) is 18.3. The summed E-state index contributed by atoms with van der Waals surface area (Å²) in [6.45, 7) is 9.56. The lowest BCUT2D eigenvalue weighted by atomic mass is 9.75. The van der Waals surface area contributed by atoms with Crippen LogP contribution in [0.3, 0.4) is 0 Å². The Bertz CT molecular complexity index is 2990. The van der Waals surface area contributed by atoms with Crippen LogP contribution in [0.1, 0.15) is 65.6 Å². The Balaban J connectivity index is 1.31. The molecule has 11 rings (SSSR count). The molecular weight excluding hydrogens is 645 g/mol. The van der Waals surface area contributed by atoms with E-state index in [0.717, 1.165) is 6.42 Å². The lowest BCUT2D eigenvalue weighted by Gasteiger charge is -2.28. The van der Waals surface area contributed by atoms with E-state index in [-0.39, 0.29) is 11.3 Å². The van der Waals surface area contributed by atoms with Gasteiger partial charge in [0.15, 0.2) is 0 Å². The molecule has 248 valence electrons. The highest BCUT2D eigenvalue weighted by Gasteiger charge is 2.40. The third kappa shape index (κ3) is 3.92. The first-order chi connectivity index (χ1) is 25.4. The van der Waals surface area contributed by atoms with Gasteiger partial charge in [0.2, 0.25) is 0 Å². The van der Waals surface area contributed by atoms with Gasteiger partial charge in [0.1, 0.15) is 0 Å². The molecule has 0 saturated heterocycles. The van der Waals surface area contributed by atoms with Gasteiger partial charge in [-0.25, -0.2) is 0 Å². The molecule has 0 N–H and O–H groups in total. The average Bonchev–Trinajstić information content (AvgIpc) is 3.77. The fourth-order valence-corrected chi connectivity index (χ4v) is 11.3. The summed E-state index contributed by atoms with van der Waals surface area (Å²) in [7, 11) is 0. The fourth-order valence-electron chi connectivity index (χ4n) is 10.2. The molecule has 0 saturated carbocycles. The Morgan fingerprint density at radius 3 is 1.98 bits per heavy atom. The zero-order chi connectivity index (χ0) is 34.9. The SMILES string of the molecule is CCc1c(-c2cccc3c2-c2ccccc2C3(C)C)c(C2c3cc4ccccc4cc3-c3cc4c(cc32)sc2ccccc24)c(C)c2ccccc12. The normalized spacial score (nSPS) is 15.3. The Kier molecular flexibility index (Phi) is 6.24. The van der Waals surface area contributed by atoms with Crippen molar-refractivity contribution >= 4 is 53.1 Å². The molecule has 1 heterocycles. The molecule has 2 aliphatic carbocycles. The lowest BCUT2D eigenvalue weighted by Crippen LogP contribution is -2.15. The Hall–Kier alpha value is -5.50. The Morgan fingerprint density at radius 2 is 1.15 bits per heavy atom. The van der Waals surface area contributed by atoms with Crippen molar-refractivity contribution in [3.05, 3.63) is 178 Å². The van der Waals surface area contributed by atoms with Crippen LogP contribution in [0.25, 0.3) is 75.1 Å². The third-order valence-electron chi connectivity index (χ3n) is 12.5. The van der Waals surface area contributed by atoms with Gasteiger partial charge < -0.3 is 0 Å². The number of benzene rings is 8. The number of hydrogen-bond acceptors (Lipinski definition) is 1. The minimum atomic E-state index is -0.0708. The van der Waals surface area contributed by atoms with Crippen LogP contribution in [0.15, 0.2) is 140 Å². The van der Waals surface area contributed by atoms with Gasteiger partial charge in [0.05, 0.1) is 0 Å². The van der Waals surface area contributed by atoms with Crippen molar-refractivity contribution in [3.8, 4) is 33.4 Å². The molecule has 2 aliphatic rings. The van der Waals surface area contributed by atoms with Gasteiger partial charge in [-0.2, -0.15) is 0 Å². The second-order valence-electron chi connectivity index (χ2n) is 15.4. The maximum atomic E-state index is 2.56. The van der Waals surface area contributed by atoms with Crippen molar-refractivity contribution in [2.45, 2.75) is 45.4 Å². The van der Waals surface area contributed by atoms with Crippen LogP contribution in [0.2, 0.25) is 0 Å². The van der Waals surface area contributed by atoms with Crippen LogP contribution in [0, 0.1) is 6.92 Å². The molecule has 1 aromatic heterocycles. The van der Waals surface area contributed by atoms with E-state index in [1.165, 1.54) is 114 Å². The summed E-state index contributed by atoms with van der Waals surface area (Å²) < 4.78 is 2.72. The van der Waals surface area contributed by atoms with Gasteiger partial charge in [0.25, 0.3) is 0 Å². The highest BCUT2D eigenvalue weighted by molar-refractivity contribution is 7.25. The van der Waals surface area contributed by atoms with Gasteiger partial charge in [-0.1, -0.05) is 130 Å². The molecule has 0 fully saturated rings. The third-order valence-corrected chi connectivity index (χ3v) is 13.7. The van der Waals surface area contributed by atoms with E-state index in [1.807, 2.05) is 11.3 Å². The van der Waals surface area contributed by atoms with E-state index >= 15 is 0 Å². The van der Waals surface area contributed by atoms with Gasteiger partial charge in [-0.15, -0.1) is 11.3 Å².